The van der Waals surface area contributed by atoms with Gasteiger partial charge in [0.1, 0.15) is 5.75 Å². The number of hydrogen-bond donors (Lipinski definition) is 1. The molecule has 0 radical (unpaired) electrons. The molecule has 1 aromatic rings. The zero-order valence-corrected chi connectivity index (χ0v) is 16.8. The fourth-order valence-corrected chi connectivity index (χ4v) is 3.39. The molecular weight excluding hydrogens is 326 g/mol. The number of nitrogens with zero attached hydrogens (tertiary/aromatic N) is 2. The van der Waals surface area contributed by atoms with Gasteiger partial charge in [0.25, 0.3) is 0 Å². The first-order chi connectivity index (χ1) is 12.5. The number of carbonyl (C=O) groups excluding carboxylic acids is 1. The largest absolute Gasteiger partial charge is 0.497 e. The first kappa shape index (κ1) is 20.6. The molecule has 0 aliphatic carbocycles. The van der Waals surface area contributed by atoms with Crippen LogP contribution in [0.15, 0.2) is 24.3 Å². The Morgan fingerprint density at radius 2 is 1.73 bits per heavy atom. The lowest BCUT2D eigenvalue weighted by Gasteiger charge is -2.36. The summed E-state index contributed by atoms with van der Waals surface area (Å²) >= 11 is 0. The van der Waals surface area contributed by atoms with E-state index in [1.807, 2.05) is 12.1 Å². The lowest BCUT2D eigenvalue weighted by Crippen LogP contribution is -2.50. The number of nitrogens with one attached hydrogen (secondary N) is 1. The van der Waals surface area contributed by atoms with Crippen LogP contribution in [-0.4, -0.2) is 56.7 Å². The summed E-state index contributed by atoms with van der Waals surface area (Å²) in [7, 11) is 1.68. The number of ether oxygens (including phenoxy) is 1. The summed E-state index contributed by atoms with van der Waals surface area (Å²) in [4.78, 5) is 16.9. The van der Waals surface area contributed by atoms with Crippen molar-refractivity contribution in [1.82, 2.24) is 10.2 Å². The maximum atomic E-state index is 12.3. The van der Waals surface area contributed by atoms with E-state index in [1.54, 1.807) is 7.11 Å². The highest BCUT2D eigenvalue weighted by molar-refractivity contribution is 5.78. The molecule has 0 saturated carbocycles. The smallest absolute Gasteiger partial charge is 0.234 e. The highest BCUT2D eigenvalue weighted by Gasteiger charge is 2.19. The average Bonchev–Trinajstić information content (AvgIpc) is 2.62. The van der Waals surface area contributed by atoms with Crippen LogP contribution in [0.5, 0.6) is 5.75 Å². The van der Waals surface area contributed by atoms with E-state index >= 15 is 0 Å². The number of benzene rings is 1. The Hall–Kier alpha value is -1.75. The predicted octanol–water partition coefficient (Wildman–Crippen LogP) is 3.15. The topological polar surface area (TPSA) is 44.8 Å². The molecule has 1 aromatic carbocycles. The van der Waals surface area contributed by atoms with Crippen LogP contribution in [0.25, 0.3) is 0 Å². The van der Waals surface area contributed by atoms with Gasteiger partial charge in [-0.2, -0.15) is 0 Å². The number of anilines is 1. The molecular formula is C21H35N3O2. The second-order valence-electron chi connectivity index (χ2n) is 7.75. The van der Waals surface area contributed by atoms with Crippen molar-refractivity contribution in [3.8, 4) is 5.75 Å². The second-order valence-corrected chi connectivity index (χ2v) is 7.75. The fraction of sp³-hybridized carbons (Fsp3) is 0.667. The van der Waals surface area contributed by atoms with E-state index in [9.17, 15) is 4.79 Å². The van der Waals surface area contributed by atoms with Crippen molar-refractivity contribution >= 4 is 11.6 Å². The van der Waals surface area contributed by atoms with Crippen molar-refractivity contribution in [2.75, 3.05) is 44.7 Å². The van der Waals surface area contributed by atoms with Crippen LogP contribution in [0.3, 0.4) is 0 Å². The van der Waals surface area contributed by atoms with Crippen LogP contribution < -0.4 is 15.0 Å². The highest BCUT2D eigenvalue weighted by atomic mass is 16.5. The standard InChI is InChI=1S/C21H35N3O2/c1-17(2)6-5-7-18(3)22-21(25)16-23-12-14-24(15-13-23)19-8-10-20(26-4)11-9-19/h8-11,17-18H,5-7,12-16H2,1-4H3,(H,22,25)/t18-/m0/s1. The van der Waals surface area contributed by atoms with Crippen molar-refractivity contribution < 1.29 is 9.53 Å². The van der Waals surface area contributed by atoms with Crippen LogP contribution >= 0.6 is 0 Å². The Labute approximate surface area is 158 Å². The van der Waals surface area contributed by atoms with Gasteiger partial charge in [0.2, 0.25) is 5.91 Å². The summed E-state index contributed by atoms with van der Waals surface area (Å²) in [5.41, 5.74) is 1.22. The summed E-state index contributed by atoms with van der Waals surface area (Å²) in [5.74, 6) is 1.77. The molecule has 5 heteroatoms. The minimum Gasteiger partial charge on any atom is -0.497 e. The average molecular weight is 362 g/mol. The number of rotatable bonds is 9. The number of amides is 1. The van der Waals surface area contributed by atoms with Gasteiger partial charge in [-0.15, -0.1) is 0 Å². The van der Waals surface area contributed by atoms with E-state index in [1.165, 1.54) is 18.5 Å². The molecule has 5 nitrogen and oxygen atoms in total. The van der Waals surface area contributed by atoms with E-state index < -0.39 is 0 Å². The molecule has 0 spiro atoms. The third-order valence-electron chi connectivity index (χ3n) is 5.00. The van der Waals surface area contributed by atoms with Crippen molar-refractivity contribution in [2.45, 2.75) is 46.1 Å². The van der Waals surface area contributed by atoms with E-state index in [-0.39, 0.29) is 11.9 Å². The van der Waals surface area contributed by atoms with E-state index in [2.05, 4.69) is 48.0 Å². The molecule has 1 N–H and O–H groups in total. The summed E-state index contributed by atoms with van der Waals surface area (Å²) in [5, 5.41) is 3.15. The van der Waals surface area contributed by atoms with Crippen LogP contribution in [0.2, 0.25) is 0 Å². The number of carbonyl (C=O) groups is 1. The van der Waals surface area contributed by atoms with Gasteiger partial charge in [-0.05, 0) is 43.5 Å². The molecule has 26 heavy (non-hydrogen) atoms. The van der Waals surface area contributed by atoms with Gasteiger partial charge in [0, 0.05) is 37.9 Å². The van der Waals surface area contributed by atoms with E-state index in [4.69, 9.17) is 4.74 Å². The summed E-state index contributed by atoms with van der Waals surface area (Å²) < 4.78 is 5.21. The van der Waals surface area contributed by atoms with Crippen LogP contribution in [0, 0.1) is 5.92 Å². The maximum absolute atomic E-state index is 12.3. The molecule has 1 heterocycles. The number of hydrogen-bond acceptors (Lipinski definition) is 4. The SMILES string of the molecule is COc1ccc(N2CCN(CC(=O)N[C@@H](C)CCCC(C)C)CC2)cc1. The minimum absolute atomic E-state index is 0.153. The van der Waals surface area contributed by atoms with Gasteiger partial charge < -0.3 is 15.0 Å². The van der Waals surface area contributed by atoms with Crippen molar-refractivity contribution in [3.63, 3.8) is 0 Å². The molecule has 0 aromatic heterocycles. The van der Waals surface area contributed by atoms with Gasteiger partial charge in [0.15, 0.2) is 0 Å². The molecule has 0 bridgehead atoms. The van der Waals surface area contributed by atoms with Gasteiger partial charge in [-0.3, -0.25) is 9.69 Å². The monoisotopic (exact) mass is 361 g/mol. The molecule has 1 aliphatic rings. The Kier molecular flexibility index (Phi) is 8.23. The zero-order valence-electron chi connectivity index (χ0n) is 16.8. The molecule has 146 valence electrons. The summed E-state index contributed by atoms with van der Waals surface area (Å²) in [6, 6.07) is 8.45. The fourth-order valence-electron chi connectivity index (χ4n) is 3.39. The Morgan fingerprint density at radius 3 is 2.31 bits per heavy atom. The quantitative estimate of drug-likeness (QED) is 0.734. The van der Waals surface area contributed by atoms with Crippen molar-refractivity contribution in [3.05, 3.63) is 24.3 Å². The third-order valence-corrected chi connectivity index (χ3v) is 5.00. The third kappa shape index (κ3) is 6.87. The highest BCUT2D eigenvalue weighted by Crippen LogP contribution is 2.20. The molecule has 1 atom stereocenters. The van der Waals surface area contributed by atoms with Crippen LogP contribution in [-0.2, 0) is 4.79 Å². The normalized spacial score (nSPS) is 16.6. The lowest BCUT2D eigenvalue weighted by atomic mass is 10.0. The first-order valence-electron chi connectivity index (χ1n) is 9.88. The Bertz CT molecular complexity index is 537. The predicted molar refractivity (Wildman–Crippen MR) is 108 cm³/mol. The number of piperazine rings is 1. The molecule has 2 rings (SSSR count). The first-order valence-corrected chi connectivity index (χ1v) is 9.88. The molecule has 1 amide bonds. The van der Waals surface area contributed by atoms with Gasteiger partial charge >= 0.3 is 0 Å². The van der Waals surface area contributed by atoms with Crippen LogP contribution in [0.4, 0.5) is 5.69 Å². The molecule has 0 unspecified atom stereocenters. The Balaban J connectivity index is 1.68. The lowest BCUT2D eigenvalue weighted by molar-refractivity contribution is -0.123. The zero-order chi connectivity index (χ0) is 18.9. The van der Waals surface area contributed by atoms with E-state index in [0.29, 0.717) is 6.54 Å². The number of methoxy groups -OCH3 is 1. The van der Waals surface area contributed by atoms with Crippen LogP contribution in [0.1, 0.15) is 40.0 Å². The van der Waals surface area contributed by atoms with Crippen molar-refractivity contribution in [1.29, 1.82) is 0 Å². The molecule has 1 saturated heterocycles. The Morgan fingerprint density at radius 1 is 1.08 bits per heavy atom. The van der Waals surface area contributed by atoms with Gasteiger partial charge in [-0.25, -0.2) is 0 Å². The van der Waals surface area contributed by atoms with E-state index in [0.717, 1.165) is 44.3 Å². The summed E-state index contributed by atoms with van der Waals surface area (Å²) in [6.07, 6.45) is 3.47. The molecule has 1 fully saturated rings. The minimum atomic E-state index is 0.153. The summed E-state index contributed by atoms with van der Waals surface area (Å²) in [6.45, 7) is 10.8. The maximum Gasteiger partial charge on any atom is 0.234 e. The van der Waals surface area contributed by atoms with Gasteiger partial charge in [0.05, 0.1) is 13.7 Å². The van der Waals surface area contributed by atoms with Crippen molar-refractivity contribution in [2.24, 2.45) is 5.92 Å². The molecule has 1 aliphatic heterocycles. The van der Waals surface area contributed by atoms with Gasteiger partial charge in [-0.1, -0.05) is 26.7 Å². The second kappa shape index (κ2) is 10.4.